The Morgan fingerprint density at radius 2 is 1.61 bits per heavy atom. The van der Waals surface area contributed by atoms with Gasteiger partial charge < -0.3 is 10.6 Å². The van der Waals surface area contributed by atoms with Crippen LogP contribution in [0.25, 0.3) is 0 Å². The Balaban J connectivity index is 1.53. The number of carbonyl (C=O) groups is 1. The van der Waals surface area contributed by atoms with E-state index < -0.39 is 0 Å². The normalized spacial score (nSPS) is 34.6. The van der Waals surface area contributed by atoms with Gasteiger partial charge in [-0.3, -0.25) is 9.69 Å². The van der Waals surface area contributed by atoms with Crippen LogP contribution in [0.15, 0.2) is 0 Å². The summed E-state index contributed by atoms with van der Waals surface area (Å²) in [4.78, 5) is 17.1. The lowest BCUT2D eigenvalue weighted by Gasteiger charge is -2.38. The van der Waals surface area contributed by atoms with Crippen molar-refractivity contribution in [2.24, 2.45) is 11.7 Å². The molecule has 3 aliphatic rings. The SMILES string of the molecule is NC1CCCCC1C(=O)N1CCN(C2CC2)CC1. The van der Waals surface area contributed by atoms with E-state index in [1.807, 2.05) is 0 Å². The first kappa shape index (κ1) is 12.4. The van der Waals surface area contributed by atoms with E-state index in [1.54, 1.807) is 0 Å². The summed E-state index contributed by atoms with van der Waals surface area (Å²) in [6, 6.07) is 0.937. The summed E-state index contributed by atoms with van der Waals surface area (Å²) in [5.41, 5.74) is 6.11. The molecule has 18 heavy (non-hydrogen) atoms. The monoisotopic (exact) mass is 251 g/mol. The Hall–Kier alpha value is -0.610. The van der Waals surface area contributed by atoms with Crippen LogP contribution in [0, 0.1) is 5.92 Å². The van der Waals surface area contributed by atoms with Gasteiger partial charge in [-0.2, -0.15) is 0 Å². The molecule has 0 aromatic heterocycles. The Kier molecular flexibility index (Phi) is 3.57. The Labute approximate surface area is 109 Å². The molecule has 1 saturated heterocycles. The number of hydrogen-bond acceptors (Lipinski definition) is 3. The van der Waals surface area contributed by atoms with E-state index in [2.05, 4.69) is 9.80 Å². The smallest absolute Gasteiger partial charge is 0.227 e. The third-order valence-corrected chi connectivity index (χ3v) is 4.83. The minimum atomic E-state index is 0.103. The van der Waals surface area contributed by atoms with Crippen LogP contribution in [0.3, 0.4) is 0 Å². The number of piperazine rings is 1. The van der Waals surface area contributed by atoms with Gasteiger partial charge in [0.05, 0.1) is 5.92 Å². The second-order valence-electron chi connectivity index (χ2n) is 6.15. The average Bonchev–Trinajstić information content (AvgIpc) is 3.23. The molecule has 0 aromatic carbocycles. The van der Waals surface area contributed by atoms with E-state index >= 15 is 0 Å². The highest BCUT2D eigenvalue weighted by atomic mass is 16.2. The topological polar surface area (TPSA) is 49.6 Å². The third-order valence-electron chi connectivity index (χ3n) is 4.83. The molecule has 4 nitrogen and oxygen atoms in total. The molecule has 2 N–H and O–H groups in total. The van der Waals surface area contributed by atoms with Crippen molar-refractivity contribution in [1.82, 2.24) is 9.80 Å². The maximum absolute atomic E-state index is 12.5. The molecule has 3 rings (SSSR count). The number of hydrogen-bond donors (Lipinski definition) is 1. The van der Waals surface area contributed by atoms with Gasteiger partial charge in [0.25, 0.3) is 0 Å². The Bertz CT molecular complexity index is 308. The molecule has 2 aliphatic carbocycles. The second-order valence-corrected chi connectivity index (χ2v) is 6.15. The lowest BCUT2D eigenvalue weighted by molar-refractivity contribution is -0.139. The maximum atomic E-state index is 12.5. The van der Waals surface area contributed by atoms with Gasteiger partial charge in [-0.1, -0.05) is 12.8 Å². The molecule has 0 radical (unpaired) electrons. The first-order valence-electron chi connectivity index (χ1n) is 7.54. The summed E-state index contributed by atoms with van der Waals surface area (Å²) >= 11 is 0. The first-order chi connectivity index (χ1) is 8.75. The van der Waals surface area contributed by atoms with Crippen molar-refractivity contribution in [1.29, 1.82) is 0 Å². The molecule has 2 unspecified atom stereocenters. The van der Waals surface area contributed by atoms with E-state index in [1.165, 1.54) is 25.7 Å². The largest absolute Gasteiger partial charge is 0.340 e. The fourth-order valence-corrected chi connectivity index (χ4v) is 3.45. The molecule has 0 aromatic rings. The van der Waals surface area contributed by atoms with E-state index in [0.29, 0.717) is 5.91 Å². The highest BCUT2D eigenvalue weighted by molar-refractivity contribution is 5.79. The summed E-state index contributed by atoms with van der Waals surface area (Å²) in [5, 5.41) is 0. The van der Waals surface area contributed by atoms with Crippen molar-refractivity contribution in [3.63, 3.8) is 0 Å². The first-order valence-corrected chi connectivity index (χ1v) is 7.54. The highest BCUT2D eigenvalue weighted by Crippen LogP contribution is 2.29. The predicted octanol–water partition coefficient (Wildman–Crippen LogP) is 0.810. The quantitative estimate of drug-likeness (QED) is 0.790. The lowest BCUT2D eigenvalue weighted by atomic mass is 9.84. The minimum Gasteiger partial charge on any atom is -0.340 e. The Morgan fingerprint density at radius 3 is 2.22 bits per heavy atom. The lowest BCUT2D eigenvalue weighted by Crippen LogP contribution is -2.53. The van der Waals surface area contributed by atoms with Crippen molar-refractivity contribution >= 4 is 5.91 Å². The van der Waals surface area contributed by atoms with Crippen LogP contribution in [0.4, 0.5) is 0 Å². The minimum absolute atomic E-state index is 0.103. The molecule has 3 fully saturated rings. The molecule has 1 amide bonds. The summed E-state index contributed by atoms with van der Waals surface area (Å²) in [6.45, 7) is 3.97. The van der Waals surface area contributed by atoms with Crippen LogP contribution in [0.2, 0.25) is 0 Å². The molecule has 0 spiro atoms. The Morgan fingerprint density at radius 1 is 0.944 bits per heavy atom. The van der Waals surface area contributed by atoms with E-state index in [9.17, 15) is 4.79 Å². The van der Waals surface area contributed by atoms with Crippen LogP contribution in [-0.2, 0) is 4.79 Å². The van der Waals surface area contributed by atoms with Gasteiger partial charge in [0, 0.05) is 38.3 Å². The molecule has 0 bridgehead atoms. The van der Waals surface area contributed by atoms with Crippen LogP contribution >= 0.6 is 0 Å². The molecule has 1 aliphatic heterocycles. The van der Waals surface area contributed by atoms with Crippen molar-refractivity contribution < 1.29 is 4.79 Å². The van der Waals surface area contributed by atoms with Gasteiger partial charge in [0.1, 0.15) is 0 Å². The predicted molar refractivity (Wildman–Crippen MR) is 71.1 cm³/mol. The van der Waals surface area contributed by atoms with Gasteiger partial charge in [-0.15, -0.1) is 0 Å². The van der Waals surface area contributed by atoms with Crippen LogP contribution in [0.1, 0.15) is 38.5 Å². The van der Waals surface area contributed by atoms with Crippen molar-refractivity contribution in [2.45, 2.75) is 50.6 Å². The zero-order chi connectivity index (χ0) is 12.5. The molecule has 4 heteroatoms. The van der Waals surface area contributed by atoms with Gasteiger partial charge in [0.15, 0.2) is 0 Å². The third kappa shape index (κ3) is 2.54. The molecular weight excluding hydrogens is 226 g/mol. The molecule has 2 atom stereocenters. The van der Waals surface area contributed by atoms with Crippen LogP contribution in [-0.4, -0.2) is 54.0 Å². The molecule has 102 valence electrons. The number of rotatable bonds is 2. The number of nitrogens with two attached hydrogens (primary N) is 1. The summed E-state index contributed by atoms with van der Waals surface area (Å²) < 4.78 is 0. The van der Waals surface area contributed by atoms with Crippen molar-refractivity contribution in [2.75, 3.05) is 26.2 Å². The second kappa shape index (κ2) is 5.17. The van der Waals surface area contributed by atoms with E-state index in [-0.39, 0.29) is 12.0 Å². The van der Waals surface area contributed by atoms with Gasteiger partial charge in [-0.25, -0.2) is 0 Å². The zero-order valence-electron chi connectivity index (χ0n) is 11.2. The van der Waals surface area contributed by atoms with Crippen LogP contribution in [0.5, 0.6) is 0 Å². The van der Waals surface area contributed by atoms with E-state index in [4.69, 9.17) is 5.73 Å². The summed E-state index contributed by atoms with van der Waals surface area (Å²) in [7, 11) is 0. The highest BCUT2D eigenvalue weighted by Gasteiger charge is 2.35. The number of amides is 1. The van der Waals surface area contributed by atoms with Crippen molar-refractivity contribution in [3.05, 3.63) is 0 Å². The van der Waals surface area contributed by atoms with Gasteiger partial charge in [0.2, 0.25) is 5.91 Å². The van der Waals surface area contributed by atoms with Gasteiger partial charge in [-0.05, 0) is 25.7 Å². The molecule has 1 heterocycles. The van der Waals surface area contributed by atoms with Crippen LogP contribution < -0.4 is 5.73 Å². The zero-order valence-corrected chi connectivity index (χ0v) is 11.2. The summed E-state index contributed by atoms with van der Waals surface area (Å²) in [5.74, 6) is 0.434. The fourth-order valence-electron chi connectivity index (χ4n) is 3.45. The van der Waals surface area contributed by atoms with E-state index in [0.717, 1.165) is 45.1 Å². The standard InChI is InChI=1S/C14H25N3O/c15-13-4-2-1-3-12(13)14(18)17-9-7-16(8-10-17)11-5-6-11/h11-13H,1-10,15H2. The van der Waals surface area contributed by atoms with Crippen molar-refractivity contribution in [3.8, 4) is 0 Å². The maximum Gasteiger partial charge on any atom is 0.227 e. The number of nitrogens with zero attached hydrogens (tertiary/aromatic N) is 2. The van der Waals surface area contributed by atoms with Gasteiger partial charge >= 0.3 is 0 Å². The summed E-state index contributed by atoms with van der Waals surface area (Å²) in [6.07, 6.45) is 7.12. The molecule has 2 saturated carbocycles. The average molecular weight is 251 g/mol. The molecular formula is C14H25N3O. The fraction of sp³-hybridized carbons (Fsp3) is 0.929. The number of carbonyl (C=O) groups excluding carboxylic acids is 1.